The van der Waals surface area contributed by atoms with Gasteiger partial charge in [-0.2, -0.15) is 0 Å². The van der Waals surface area contributed by atoms with E-state index in [4.69, 9.17) is 23.7 Å². The molecule has 1 aromatic carbocycles. The van der Waals surface area contributed by atoms with Crippen molar-refractivity contribution in [3.05, 3.63) is 53.8 Å². The number of ether oxygens (including phenoxy) is 5. The third-order valence-electron chi connectivity index (χ3n) is 7.81. The van der Waals surface area contributed by atoms with E-state index in [0.29, 0.717) is 5.56 Å². The molecule has 5 rings (SSSR count). The second-order valence-electron chi connectivity index (χ2n) is 10.0. The highest BCUT2D eigenvalue weighted by molar-refractivity contribution is 5.89. The van der Waals surface area contributed by atoms with Gasteiger partial charge in [0.2, 0.25) is 6.29 Å². The molecule has 39 heavy (non-hydrogen) atoms. The van der Waals surface area contributed by atoms with Gasteiger partial charge in [0.05, 0.1) is 37.4 Å². The summed E-state index contributed by atoms with van der Waals surface area (Å²) in [5.74, 6) is -4.28. The Bertz CT molecular complexity index is 1150. The van der Waals surface area contributed by atoms with E-state index in [1.54, 1.807) is 18.2 Å². The fourth-order valence-electron chi connectivity index (χ4n) is 5.71. The minimum Gasteiger partial charge on any atom is -0.508 e. The van der Waals surface area contributed by atoms with E-state index in [-0.39, 0.29) is 17.7 Å². The largest absolute Gasteiger partial charge is 0.508 e. The molecule has 0 aromatic heterocycles. The van der Waals surface area contributed by atoms with E-state index in [1.165, 1.54) is 25.3 Å². The molecule has 0 saturated carbocycles. The zero-order valence-electron chi connectivity index (χ0n) is 20.8. The average Bonchev–Trinajstić information content (AvgIpc) is 3.43. The van der Waals surface area contributed by atoms with Crippen molar-refractivity contribution in [1.82, 2.24) is 0 Å². The molecule has 2 fully saturated rings. The molecule has 2 saturated heterocycles. The van der Waals surface area contributed by atoms with Crippen molar-refractivity contribution in [3.63, 3.8) is 0 Å². The van der Waals surface area contributed by atoms with Gasteiger partial charge in [0.1, 0.15) is 36.3 Å². The number of carbonyl (C=O) groups excluding carboxylic acids is 2. The van der Waals surface area contributed by atoms with Crippen molar-refractivity contribution < 1.29 is 63.9 Å². The molecule has 1 spiro atoms. The first-order chi connectivity index (χ1) is 18.6. The highest BCUT2D eigenvalue weighted by Crippen LogP contribution is 2.53. The first-order valence-corrected chi connectivity index (χ1v) is 12.4. The predicted octanol–water partition coefficient (Wildman–Crippen LogP) is -1.76. The van der Waals surface area contributed by atoms with Crippen molar-refractivity contribution in [2.45, 2.75) is 55.1 Å². The molecule has 11 atom stereocenters. The minimum absolute atomic E-state index is 0.0426. The molecule has 6 unspecified atom stereocenters. The zero-order chi connectivity index (χ0) is 28.1. The lowest BCUT2D eigenvalue weighted by atomic mass is 9.74. The quantitative estimate of drug-likeness (QED) is 0.172. The maximum absolute atomic E-state index is 13.1. The number of esters is 2. The maximum Gasteiger partial charge on any atom is 0.337 e. The average molecular weight is 551 g/mol. The smallest absolute Gasteiger partial charge is 0.337 e. The van der Waals surface area contributed by atoms with Crippen LogP contribution in [0, 0.1) is 17.8 Å². The number of rotatable bonds is 6. The van der Waals surface area contributed by atoms with Crippen molar-refractivity contribution in [3.8, 4) is 5.75 Å². The zero-order valence-corrected chi connectivity index (χ0v) is 20.8. The molecule has 0 radical (unpaired) electrons. The van der Waals surface area contributed by atoms with Gasteiger partial charge in [0, 0.05) is 5.92 Å². The fourth-order valence-corrected chi connectivity index (χ4v) is 5.71. The standard InChI is InChI=1S/C26H30O13/c1-35-22(33)15-10-36-24(38-25-20(31)19(30)18(29)16(9-27)37-25)17-13(15)6-7-26(17)21(32)14(23(34)39-26)8-11-2-4-12(28)5-3-11/h2-7,10,13-14,16-21,24-25,27-32H,8-9H2,1H3/t13-,14-,16?,17-,18?,19?,20?,21?,24+,25?,26+/m1/s1. The van der Waals surface area contributed by atoms with Crippen LogP contribution in [0.3, 0.4) is 0 Å². The maximum atomic E-state index is 13.1. The molecule has 1 aliphatic carbocycles. The number of hydrogen-bond donors (Lipinski definition) is 6. The number of methoxy groups -OCH3 is 1. The molecule has 0 amide bonds. The van der Waals surface area contributed by atoms with Crippen LogP contribution in [0.1, 0.15) is 5.56 Å². The van der Waals surface area contributed by atoms with Gasteiger partial charge in [-0.05, 0) is 30.2 Å². The number of phenolic OH excluding ortho intramolecular Hbond substituents is 1. The lowest BCUT2D eigenvalue weighted by Crippen LogP contribution is -2.61. The first kappa shape index (κ1) is 27.5. The van der Waals surface area contributed by atoms with Gasteiger partial charge in [-0.1, -0.05) is 18.2 Å². The van der Waals surface area contributed by atoms with E-state index >= 15 is 0 Å². The van der Waals surface area contributed by atoms with Gasteiger partial charge in [-0.3, -0.25) is 4.79 Å². The molecule has 4 aliphatic rings. The Labute approximate surface area is 222 Å². The lowest BCUT2D eigenvalue weighted by Gasteiger charge is -2.45. The topological polar surface area (TPSA) is 202 Å². The third kappa shape index (κ3) is 4.59. The van der Waals surface area contributed by atoms with Crippen molar-refractivity contribution in [2.24, 2.45) is 17.8 Å². The normalized spacial score (nSPS) is 41.1. The van der Waals surface area contributed by atoms with Crippen LogP contribution in [0.2, 0.25) is 0 Å². The van der Waals surface area contributed by atoms with Crippen molar-refractivity contribution >= 4 is 11.9 Å². The van der Waals surface area contributed by atoms with Crippen LogP contribution in [-0.2, 0) is 39.7 Å². The Morgan fingerprint density at radius 1 is 1.05 bits per heavy atom. The molecular weight excluding hydrogens is 520 g/mol. The van der Waals surface area contributed by atoms with E-state index < -0.39 is 85.0 Å². The number of phenols is 1. The second kappa shape index (κ2) is 10.5. The summed E-state index contributed by atoms with van der Waals surface area (Å²) in [5, 5.41) is 61.3. The fraction of sp³-hybridized carbons (Fsp3) is 0.538. The van der Waals surface area contributed by atoms with E-state index in [0.717, 1.165) is 6.26 Å². The second-order valence-corrected chi connectivity index (χ2v) is 10.0. The summed E-state index contributed by atoms with van der Waals surface area (Å²) < 4.78 is 27.7. The van der Waals surface area contributed by atoms with Gasteiger partial charge >= 0.3 is 11.9 Å². The van der Waals surface area contributed by atoms with E-state index in [1.807, 2.05) is 0 Å². The minimum atomic E-state index is -1.75. The summed E-state index contributed by atoms with van der Waals surface area (Å²) in [6.07, 6.45) is -6.53. The van der Waals surface area contributed by atoms with Crippen LogP contribution >= 0.6 is 0 Å². The number of hydrogen-bond acceptors (Lipinski definition) is 13. The van der Waals surface area contributed by atoms with Gasteiger partial charge in [0.15, 0.2) is 11.9 Å². The third-order valence-corrected chi connectivity index (χ3v) is 7.81. The molecule has 3 heterocycles. The summed E-state index contributed by atoms with van der Waals surface area (Å²) in [7, 11) is 1.18. The molecule has 1 aromatic rings. The Balaban J connectivity index is 1.46. The van der Waals surface area contributed by atoms with E-state index in [2.05, 4.69) is 0 Å². The first-order valence-electron chi connectivity index (χ1n) is 12.4. The summed E-state index contributed by atoms with van der Waals surface area (Å²) in [5.41, 5.74) is -0.988. The number of aromatic hydroxyl groups is 1. The van der Waals surface area contributed by atoms with Gasteiger partial charge in [-0.15, -0.1) is 0 Å². The molecule has 3 aliphatic heterocycles. The predicted molar refractivity (Wildman–Crippen MR) is 126 cm³/mol. The molecular formula is C26H30O13. The number of carbonyl (C=O) groups is 2. The van der Waals surface area contributed by atoms with Gasteiger partial charge < -0.3 is 54.3 Å². The molecule has 13 heteroatoms. The number of allylic oxidation sites excluding steroid dienone is 1. The van der Waals surface area contributed by atoms with Crippen LogP contribution in [0.4, 0.5) is 0 Å². The summed E-state index contributed by atoms with van der Waals surface area (Å²) >= 11 is 0. The number of benzene rings is 1. The number of fused-ring (bicyclic) bond motifs is 2. The highest BCUT2D eigenvalue weighted by Gasteiger charge is 2.66. The summed E-state index contributed by atoms with van der Waals surface area (Å²) in [6, 6.07) is 6.13. The van der Waals surface area contributed by atoms with Gasteiger partial charge in [0.25, 0.3) is 0 Å². The molecule has 212 valence electrons. The van der Waals surface area contributed by atoms with Crippen LogP contribution in [0.15, 0.2) is 48.3 Å². The van der Waals surface area contributed by atoms with Crippen LogP contribution in [-0.4, -0.2) is 105 Å². The lowest BCUT2D eigenvalue weighted by molar-refractivity contribution is -0.347. The SMILES string of the molecule is COC(=O)C1=CO[C@@H](OC2OC(CO)C(O)C(O)C2O)[C@H]2[C@@H]1C=C[C@]21OC(=O)[C@H](Cc2ccc(O)cc2)C1O. The number of aliphatic hydroxyl groups is 5. The van der Waals surface area contributed by atoms with Crippen molar-refractivity contribution in [1.29, 1.82) is 0 Å². The van der Waals surface area contributed by atoms with E-state index in [9.17, 15) is 40.2 Å². The van der Waals surface area contributed by atoms with Crippen molar-refractivity contribution in [2.75, 3.05) is 13.7 Å². The summed E-state index contributed by atoms with van der Waals surface area (Å²) in [6.45, 7) is -0.685. The van der Waals surface area contributed by atoms with Crippen LogP contribution in [0.25, 0.3) is 0 Å². The Morgan fingerprint density at radius 2 is 1.77 bits per heavy atom. The summed E-state index contributed by atoms with van der Waals surface area (Å²) in [4.78, 5) is 25.6. The van der Waals surface area contributed by atoms with Gasteiger partial charge in [-0.25, -0.2) is 4.79 Å². The Hall–Kier alpha value is -3.04. The monoisotopic (exact) mass is 550 g/mol. The molecule has 0 bridgehead atoms. The number of aliphatic hydroxyl groups excluding tert-OH is 5. The van der Waals surface area contributed by atoms with Crippen LogP contribution in [0.5, 0.6) is 5.75 Å². The Morgan fingerprint density at radius 3 is 2.44 bits per heavy atom. The highest BCUT2D eigenvalue weighted by atomic mass is 16.8. The molecule has 13 nitrogen and oxygen atoms in total. The molecule has 6 N–H and O–H groups in total. The van der Waals surface area contributed by atoms with Crippen LogP contribution < -0.4 is 0 Å². The Kier molecular flexibility index (Phi) is 7.41.